The third-order valence-electron chi connectivity index (χ3n) is 2.53. The molecule has 1 fully saturated rings. The summed E-state index contributed by atoms with van der Waals surface area (Å²) in [5.74, 6) is -1.45. The summed E-state index contributed by atoms with van der Waals surface area (Å²) in [5.41, 5.74) is -0.499. The average molecular weight is 214 g/mol. The minimum Gasteiger partial charge on any atom is -0.455 e. The molecule has 0 aliphatic heterocycles. The van der Waals surface area contributed by atoms with Crippen molar-refractivity contribution in [3.63, 3.8) is 0 Å². The maximum Gasteiger partial charge on any atom is 0.367 e. The third kappa shape index (κ3) is 3.65. The molecule has 0 saturated heterocycles. The van der Waals surface area contributed by atoms with Crippen LogP contribution in [0.4, 0.5) is 4.39 Å². The molecule has 0 aromatic rings. The molecule has 2 nitrogen and oxygen atoms in total. The number of esters is 1. The molecule has 1 rings (SSSR count). The van der Waals surface area contributed by atoms with Crippen molar-refractivity contribution in [3.05, 3.63) is 11.9 Å². The second-order valence-electron chi connectivity index (χ2n) is 5.82. The van der Waals surface area contributed by atoms with Crippen LogP contribution in [0.25, 0.3) is 0 Å². The molecule has 86 valence electrons. The van der Waals surface area contributed by atoms with E-state index in [0.29, 0.717) is 0 Å². The lowest BCUT2D eigenvalue weighted by Crippen LogP contribution is -2.24. The van der Waals surface area contributed by atoms with E-state index in [1.807, 2.05) is 0 Å². The summed E-state index contributed by atoms with van der Waals surface area (Å²) in [6.45, 7) is 9.27. The largest absolute Gasteiger partial charge is 0.455 e. The number of hydrogen-bond donors (Lipinski definition) is 0. The number of carbonyl (C=O) groups excluding carboxylic acids is 1. The molecule has 0 aromatic carbocycles. The van der Waals surface area contributed by atoms with Gasteiger partial charge in [-0.3, -0.25) is 0 Å². The molecule has 0 spiro atoms. The van der Waals surface area contributed by atoms with E-state index in [9.17, 15) is 9.18 Å². The molecule has 0 amide bonds. The van der Waals surface area contributed by atoms with Crippen LogP contribution in [0.1, 0.15) is 41.0 Å². The Morgan fingerprint density at radius 3 is 2.27 bits per heavy atom. The highest BCUT2D eigenvalue weighted by Crippen LogP contribution is 2.52. The molecule has 1 atom stereocenters. The second kappa shape index (κ2) is 3.62. The van der Waals surface area contributed by atoms with Gasteiger partial charge in [0.25, 0.3) is 0 Å². The molecular weight excluding hydrogens is 195 g/mol. The monoisotopic (exact) mass is 214 g/mol. The Hall–Kier alpha value is -0.860. The lowest BCUT2D eigenvalue weighted by molar-refractivity contribution is -0.151. The lowest BCUT2D eigenvalue weighted by atomic mass is 10.1. The Morgan fingerprint density at radius 1 is 1.47 bits per heavy atom. The topological polar surface area (TPSA) is 26.3 Å². The van der Waals surface area contributed by atoms with E-state index in [2.05, 4.69) is 13.8 Å². The number of halogens is 1. The summed E-state index contributed by atoms with van der Waals surface area (Å²) in [6, 6.07) is 0. The second-order valence-corrected chi connectivity index (χ2v) is 5.82. The number of rotatable bonds is 2. The van der Waals surface area contributed by atoms with Crippen molar-refractivity contribution < 1.29 is 13.9 Å². The molecule has 0 aromatic heterocycles. The molecule has 1 unspecified atom stereocenters. The van der Waals surface area contributed by atoms with Gasteiger partial charge in [0.15, 0.2) is 0 Å². The Balaban J connectivity index is 2.54. The van der Waals surface area contributed by atoms with Gasteiger partial charge in [-0.15, -0.1) is 0 Å². The van der Waals surface area contributed by atoms with Crippen LogP contribution < -0.4 is 0 Å². The number of carbonyl (C=O) groups is 1. The fraction of sp³-hybridized carbons (Fsp3) is 0.750. The SMILES string of the molecule is CC(C)(C)OC(=O)C(F)=CC1CC1(C)C. The molecule has 1 aliphatic rings. The van der Waals surface area contributed by atoms with Crippen LogP contribution in [0.15, 0.2) is 11.9 Å². The summed E-state index contributed by atoms with van der Waals surface area (Å²) in [5, 5.41) is 0. The zero-order chi connectivity index (χ0) is 11.9. The molecule has 0 bridgehead atoms. The number of ether oxygens (including phenoxy) is 1. The summed E-state index contributed by atoms with van der Waals surface area (Å²) in [4.78, 5) is 11.3. The summed E-state index contributed by atoms with van der Waals surface area (Å²) in [6.07, 6.45) is 2.32. The van der Waals surface area contributed by atoms with Gasteiger partial charge in [0.1, 0.15) is 5.60 Å². The maximum absolute atomic E-state index is 13.3. The van der Waals surface area contributed by atoms with E-state index >= 15 is 0 Å². The van der Waals surface area contributed by atoms with Crippen molar-refractivity contribution in [2.75, 3.05) is 0 Å². The standard InChI is InChI=1S/C12H19FO2/c1-11(2,3)15-10(14)9(13)6-8-7-12(8,4)5/h6,8H,7H2,1-5H3. The third-order valence-corrected chi connectivity index (χ3v) is 2.53. The zero-order valence-electron chi connectivity index (χ0n) is 10.1. The predicted molar refractivity (Wildman–Crippen MR) is 56.9 cm³/mol. The van der Waals surface area contributed by atoms with Crippen LogP contribution in [0.5, 0.6) is 0 Å². The van der Waals surface area contributed by atoms with E-state index in [4.69, 9.17) is 4.74 Å². The highest BCUT2D eigenvalue weighted by molar-refractivity contribution is 5.86. The highest BCUT2D eigenvalue weighted by Gasteiger charge is 2.44. The summed E-state index contributed by atoms with van der Waals surface area (Å²) in [7, 11) is 0. The first kappa shape index (κ1) is 12.2. The minimum absolute atomic E-state index is 0.138. The van der Waals surface area contributed by atoms with E-state index < -0.39 is 17.4 Å². The van der Waals surface area contributed by atoms with Gasteiger partial charge in [-0.05, 0) is 44.6 Å². The van der Waals surface area contributed by atoms with Crippen molar-refractivity contribution in [2.45, 2.75) is 46.6 Å². The van der Waals surface area contributed by atoms with Crippen LogP contribution in [0.3, 0.4) is 0 Å². The highest BCUT2D eigenvalue weighted by atomic mass is 19.1. The van der Waals surface area contributed by atoms with Gasteiger partial charge in [-0.2, -0.15) is 4.39 Å². The number of allylic oxidation sites excluding steroid dienone is 1. The molecule has 0 N–H and O–H groups in total. The molecule has 3 heteroatoms. The Morgan fingerprint density at radius 2 is 1.93 bits per heavy atom. The molecule has 1 aliphatic carbocycles. The van der Waals surface area contributed by atoms with Crippen molar-refractivity contribution in [1.29, 1.82) is 0 Å². The molecule has 1 saturated carbocycles. The van der Waals surface area contributed by atoms with Crippen LogP contribution in [0.2, 0.25) is 0 Å². The van der Waals surface area contributed by atoms with Crippen molar-refractivity contribution >= 4 is 5.97 Å². The molecule has 15 heavy (non-hydrogen) atoms. The van der Waals surface area contributed by atoms with Crippen LogP contribution in [0, 0.1) is 11.3 Å². The first-order chi connectivity index (χ1) is 6.62. The van der Waals surface area contributed by atoms with Gasteiger partial charge in [0.05, 0.1) is 0 Å². The van der Waals surface area contributed by atoms with Crippen LogP contribution in [-0.4, -0.2) is 11.6 Å². The van der Waals surface area contributed by atoms with Crippen LogP contribution in [-0.2, 0) is 9.53 Å². The van der Waals surface area contributed by atoms with Crippen LogP contribution >= 0.6 is 0 Å². The number of hydrogen-bond acceptors (Lipinski definition) is 2. The van der Waals surface area contributed by atoms with Gasteiger partial charge in [-0.25, -0.2) is 4.79 Å². The molecular formula is C12H19FO2. The quantitative estimate of drug-likeness (QED) is 0.521. The van der Waals surface area contributed by atoms with E-state index in [1.165, 1.54) is 6.08 Å². The first-order valence-corrected chi connectivity index (χ1v) is 5.22. The van der Waals surface area contributed by atoms with Gasteiger partial charge < -0.3 is 4.74 Å². The lowest BCUT2D eigenvalue weighted by Gasteiger charge is -2.18. The minimum atomic E-state index is -0.856. The Kier molecular flexibility index (Phi) is 2.94. The Labute approximate surface area is 90.5 Å². The smallest absolute Gasteiger partial charge is 0.367 e. The van der Waals surface area contributed by atoms with Crippen molar-refractivity contribution in [3.8, 4) is 0 Å². The van der Waals surface area contributed by atoms with E-state index in [1.54, 1.807) is 20.8 Å². The fourth-order valence-electron chi connectivity index (χ4n) is 1.36. The summed E-state index contributed by atoms with van der Waals surface area (Å²) >= 11 is 0. The van der Waals surface area contributed by atoms with Gasteiger partial charge >= 0.3 is 5.97 Å². The van der Waals surface area contributed by atoms with Gasteiger partial charge in [-0.1, -0.05) is 13.8 Å². The molecule has 0 heterocycles. The van der Waals surface area contributed by atoms with E-state index in [0.717, 1.165) is 6.42 Å². The first-order valence-electron chi connectivity index (χ1n) is 5.22. The van der Waals surface area contributed by atoms with Gasteiger partial charge in [0, 0.05) is 0 Å². The van der Waals surface area contributed by atoms with E-state index in [-0.39, 0.29) is 11.3 Å². The maximum atomic E-state index is 13.3. The fourth-order valence-corrected chi connectivity index (χ4v) is 1.36. The summed E-state index contributed by atoms with van der Waals surface area (Å²) < 4.78 is 18.3. The molecule has 0 radical (unpaired) electrons. The zero-order valence-corrected chi connectivity index (χ0v) is 10.1. The Bertz CT molecular complexity index is 297. The van der Waals surface area contributed by atoms with Crippen molar-refractivity contribution in [2.24, 2.45) is 11.3 Å². The predicted octanol–water partition coefficient (Wildman–Crippen LogP) is 3.23. The van der Waals surface area contributed by atoms with Crippen molar-refractivity contribution in [1.82, 2.24) is 0 Å². The van der Waals surface area contributed by atoms with Gasteiger partial charge in [0.2, 0.25) is 5.83 Å². The normalized spacial score (nSPS) is 24.9. The average Bonchev–Trinajstić information content (AvgIpc) is 2.54.